The maximum absolute atomic E-state index is 13.0. The number of nitrogens with one attached hydrogen (secondary N) is 2. The molecule has 240 valence electrons. The summed E-state index contributed by atoms with van der Waals surface area (Å²) in [5.74, 6) is -0.896. The number of amides is 2. The van der Waals surface area contributed by atoms with E-state index >= 15 is 0 Å². The van der Waals surface area contributed by atoms with Crippen molar-refractivity contribution < 1.29 is 26.4 Å². The molecule has 0 aliphatic heterocycles. The monoisotopic (exact) mass is 660 g/mol. The second-order valence-corrected chi connectivity index (χ2v) is 15.1. The smallest absolute Gasteiger partial charge is 0.264 e. The highest BCUT2D eigenvalue weighted by Crippen LogP contribution is 2.31. The van der Waals surface area contributed by atoms with E-state index in [9.17, 15) is 26.4 Å². The maximum atomic E-state index is 13.0. The first-order valence-corrected chi connectivity index (χ1v) is 17.7. The van der Waals surface area contributed by atoms with Crippen molar-refractivity contribution in [3.05, 3.63) is 109 Å². The highest BCUT2D eigenvalue weighted by Gasteiger charge is 2.30. The third kappa shape index (κ3) is 7.24. The Hall–Kier alpha value is -4.68. The van der Waals surface area contributed by atoms with Crippen molar-refractivity contribution in [2.45, 2.75) is 35.5 Å². The minimum atomic E-state index is -3.76. The van der Waals surface area contributed by atoms with E-state index in [1.807, 2.05) is 12.1 Å². The Kier molecular flexibility index (Phi) is 9.78. The van der Waals surface area contributed by atoms with Crippen molar-refractivity contribution in [2.24, 2.45) is 11.8 Å². The van der Waals surface area contributed by atoms with Crippen LogP contribution < -0.4 is 19.2 Å². The van der Waals surface area contributed by atoms with Gasteiger partial charge in [0.15, 0.2) is 0 Å². The van der Waals surface area contributed by atoms with Gasteiger partial charge >= 0.3 is 0 Å². The minimum absolute atomic E-state index is 0.110. The van der Waals surface area contributed by atoms with Crippen molar-refractivity contribution in [3.8, 4) is 0 Å². The number of anilines is 4. The Bertz CT molecular complexity index is 1740. The highest BCUT2D eigenvalue weighted by molar-refractivity contribution is 7.93. The molecule has 10 nitrogen and oxygen atoms in total. The van der Waals surface area contributed by atoms with Gasteiger partial charge < -0.3 is 10.6 Å². The number of carbonyl (C=O) groups is 2. The van der Waals surface area contributed by atoms with Gasteiger partial charge in [-0.3, -0.25) is 18.2 Å². The molecule has 4 aromatic rings. The fourth-order valence-corrected chi connectivity index (χ4v) is 7.79. The molecule has 0 radical (unpaired) electrons. The van der Waals surface area contributed by atoms with Crippen LogP contribution in [0.4, 0.5) is 22.7 Å². The molecule has 2 amide bonds. The largest absolute Gasteiger partial charge is 0.326 e. The summed E-state index contributed by atoms with van der Waals surface area (Å²) in [6.45, 7) is 0. The quantitative estimate of drug-likeness (QED) is 0.224. The van der Waals surface area contributed by atoms with Crippen LogP contribution in [0.2, 0.25) is 0 Å². The molecule has 0 bridgehead atoms. The molecule has 0 heterocycles. The molecule has 5 rings (SSSR count). The number of benzene rings is 4. The number of hydrogen-bond donors (Lipinski definition) is 2. The summed E-state index contributed by atoms with van der Waals surface area (Å²) >= 11 is 0. The van der Waals surface area contributed by atoms with Gasteiger partial charge in [0, 0.05) is 37.3 Å². The van der Waals surface area contributed by atoms with Gasteiger partial charge in [0.05, 0.1) is 21.2 Å². The van der Waals surface area contributed by atoms with Crippen molar-refractivity contribution in [1.29, 1.82) is 0 Å². The lowest BCUT2D eigenvalue weighted by Gasteiger charge is -2.27. The second-order valence-electron chi connectivity index (χ2n) is 11.2. The zero-order valence-electron chi connectivity index (χ0n) is 25.5. The lowest BCUT2D eigenvalue weighted by Crippen LogP contribution is -2.32. The highest BCUT2D eigenvalue weighted by atomic mass is 32.2. The van der Waals surface area contributed by atoms with Crippen molar-refractivity contribution in [2.75, 3.05) is 33.3 Å². The normalized spacial score (nSPS) is 16.7. The van der Waals surface area contributed by atoms with Gasteiger partial charge in [0.1, 0.15) is 0 Å². The molecule has 2 N–H and O–H groups in total. The molecule has 0 atom stereocenters. The van der Waals surface area contributed by atoms with Crippen LogP contribution in [0.15, 0.2) is 119 Å². The standard InChI is InChI=1S/C34H36N4O6S2/c1-37(29-9-5-3-6-10-29)45(41,42)31-21-17-27(18-22-31)35-33(39)25-13-15-26(16-14-25)34(40)36-28-19-23-32(24-20-28)46(43,44)38(2)30-11-7-4-8-12-30/h3-12,17-26H,13-16H2,1-2H3,(H,35,39)(H,36,40). The molecular weight excluding hydrogens is 625 g/mol. The van der Waals surface area contributed by atoms with Gasteiger partial charge in [-0.05, 0) is 98.5 Å². The molecular formula is C34H36N4O6S2. The molecule has 0 aromatic heterocycles. The lowest BCUT2D eigenvalue weighted by molar-refractivity contribution is -0.125. The van der Waals surface area contributed by atoms with Crippen LogP contribution in [0, 0.1) is 11.8 Å². The van der Waals surface area contributed by atoms with Crippen LogP contribution in [0.5, 0.6) is 0 Å². The Balaban J connectivity index is 1.11. The first-order chi connectivity index (χ1) is 22.0. The van der Waals surface area contributed by atoms with Gasteiger partial charge in [-0.15, -0.1) is 0 Å². The van der Waals surface area contributed by atoms with E-state index < -0.39 is 20.0 Å². The number of rotatable bonds is 10. The molecule has 1 aliphatic rings. The fraction of sp³-hybridized carbons (Fsp3) is 0.235. The van der Waals surface area contributed by atoms with Crippen molar-refractivity contribution >= 4 is 54.6 Å². The number of para-hydroxylation sites is 2. The summed E-state index contributed by atoms with van der Waals surface area (Å²) < 4.78 is 54.5. The van der Waals surface area contributed by atoms with Crippen LogP contribution >= 0.6 is 0 Å². The number of sulfonamides is 2. The predicted octanol–water partition coefficient (Wildman–Crippen LogP) is 5.72. The van der Waals surface area contributed by atoms with Crippen molar-refractivity contribution in [3.63, 3.8) is 0 Å². The molecule has 46 heavy (non-hydrogen) atoms. The SMILES string of the molecule is CN(c1ccccc1)S(=O)(=O)c1ccc(NC(=O)C2CCC(C(=O)Nc3ccc(S(=O)(=O)N(C)c4ccccc4)cc3)CC2)cc1. The molecule has 0 unspecified atom stereocenters. The van der Waals surface area contributed by atoms with Gasteiger partial charge in [0.25, 0.3) is 20.0 Å². The van der Waals surface area contributed by atoms with E-state index in [1.165, 1.54) is 47.0 Å². The summed E-state index contributed by atoms with van der Waals surface area (Å²) in [7, 11) is -4.54. The fourth-order valence-electron chi connectivity index (χ4n) is 5.40. The van der Waals surface area contributed by atoms with E-state index in [1.54, 1.807) is 72.8 Å². The molecule has 1 aliphatic carbocycles. The van der Waals surface area contributed by atoms with E-state index in [0.29, 0.717) is 48.4 Å². The van der Waals surface area contributed by atoms with Crippen LogP contribution in [-0.4, -0.2) is 42.7 Å². The Morgan fingerprint density at radius 1 is 0.522 bits per heavy atom. The van der Waals surface area contributed by atoms with Crippen LogP contribution in [0.3, 0.4) is 0 Å². The molecule has 0 spiro atoms. The molecule has 12 heteroatoms. The summed E-state index contributed by atoms with van der Waals surface area (Å²) in [4.78, 5) is 26.2. The number of nitrogens with zero attached hydrogens (tertiary/aromatic N) is 2. The van der Waals surface area contributed by atoms with E-state index in [-0.39, 0.29) is 33.4 Å². The third-order valence-electron chi connectivity index (χ3n) is 8.27. The minimum Gasteiger partial charge on any atom is -0.326 e. The van der Waals surface area contributed by atoms with Crippen LogP contribution in [0.25, 0.3) is 0 Å². The van der Waals surface area contributed by atoms with Gasteiger partial charge in [-0.2, -0.15) is 0 Å². The number of hydrogen-bond acceptors (Lipinski definition) is 6. The molecule has 1 saturated carbocycles. The molecule has 4 aromatic carbocycles. The average molecular weight is 661 g/mol. The zero-order chi connectivity index (χ0) is 32.9. The topological polar surface area (TPSA) is 133 Å². The maximum Gasteiger partial charge on any atom is 0.264 e. The van der Waals surface area contributed by atoms with Gasteiger partial charge in [0.2, 0.25) is 11.8 Å². The second kappa shape index (κ2) is 13.8. The van der Waals surface area contributed by atoms with Crippen molar-refractivity contribution in [1.82, 2.24) is 0 Å². The summed E-state index contributed by atoms with van der Waals surface area (Å²) in [5.41, 5.74) is 2.07. The molecule has 1 fully saturated rings. The average Bonchev–Trinajstić information content (AvgIpc) is 3.08. The van der Waals surface area contributed by atoms with E-state index in [4.69, 9.17) is 0 Å². The van der Waals surface area contributed by atoms with Crippen LogP contribution in [-0.2, 0) is 29.6 Å². The van der Waals surface area contributed by atoms with Gasteiger partial charge in [-0.25, -0.2) is 16.8 Å². The lowest BCUT2D eigenvalue weighted by atomic mass is 9.81. The predicted molar refractivity (Wildman–Crippen MR) is 180 cm³/mol. The Labute approximate surface area is 270 Å². The van der Waals surface area contributed by atoms with Crippen LogP contribution in [0.1, 0.15) is 25.7 Å². The summed E-state index contributed by atoms with van der Waals surface area (Å²) in [6.07, 6.45) is 2.12. The zero-order valence-corrected chi connectivity index (χ0v) is 27.2. The first kappa shape index (κ1) is 32.7. The van der Waals surface area contributed by atoms with E-state index in [2.05, 4.69) is 10.6 Å². The summed E-state index contributed by atoms with van der Waals surface area (Å²) in [5, 5.41) is 5.74. The number of carbonyl (C=O) groups excluding carboxylic acids is 2. The molecule has 0 saturated heterocycles. The third-order valence-corrected chi connectivity index (χ3v) is 11.9. The Morgan fingerprint density at radius 2 is 0.826 bits per heavy atom. The first-order valence-electron chi connectivity index (χ1n) is 14.9. The van der Waals surface area contributed by atoms with Gasteiger partial charge in [-0.1, -0.05) is 36.4 Å². The Morgan fingerprint density at radius 3 is 1.13 bits per heavy atom. The summed E-state index contributed by atoms with van der Waals surface area (Å²) in [6, 6.07) is 29.7. The van der Waals surface area contributed by atoms with E-state index in [0.717, 1.165) is 0 Å².